The molecule has 0 spiro atoms. The zero-order valence-corrected chi connectivity index (χ0v) is 11.0. The van der Waals surface area contributed by atoms with E-state index in [2.05, 4.69) is 0 Å². The molecule has 0 aliphatic carbocycles. The maximum absolute atomic E-state index is 11.3. The first-order valence-corrected chi connectivity index (χ1v) is 6.04. The third-order valence-corrected chi connectivity index (χ3v) is 2.73. The fraction of sp³-hybridized carbons (Fsp3) is 0. The van der Waals surface area contributed by atoms with E-state index in [0.29, 0.717) is 22.6 Å². The van der Waals surface area contributed by atoms with E-state index in [-0.39, 0.29) is 11.6 Å². The van der Waals surface area contributed by atoms with Crippen LogP contribution in [-0.2, 0) is 0 Å². The van der Waals surface area contributed by atoms with Gasteiger partial charge >= 0.3 is 0 Å². The highest BCUT2D eigenvalue weighted by molar-refractivity contribution is 6.09. The molecule has 0 amide bonds. The molecule has 0 saturated heterocycles. The molecule has 2 rings (SSSR count). The second-order valence-electron chi connectivity index (χ2n) is 4.10. The molecule has 2 aromatic carbocycles. The van der Waals surface area contributed by atoms with E-state index in [1.165, 1.54) is 0 Å². The Kier molecular flexibility index (Phi) is 4.19. The molecule has 0 heterocycles. The molecule has 0 bridgehead atoms. The first-order valence-electron chi connectivity index (χ1n) is 6.04. The van der Waals surface area contributed by atoms with Crippen LogP contribution in [0.5, 0.6) is 11.5 Å². The van der Waals surface area contributed by atoms with E-state index in [1.54, 1.807) is 48.5 Å². The first kappa shape index (κ1) is 14.1. The van der Waals surface area contributed by atoms with E-state index in [1.807, 2.05) is 11.8 Å². The Labute approximate surface area is 122 Å². The third kappa shape index (κ3) is 3.37. The molecule has 0 N–H and O–H groups in total. The number of rotatable bonds is 4. The standard InChI is InChI=1S/C18H10O3/c1-3-17(19)13-5-9-15(10-6-13)21-16-11-7-14(8-12-16)18(20)4-2/h1-2,5-12H. The minimum absolute atomic E-state index is 0.376. The van der Waals surface area contributed by atoms with Crippen LogP contribution in [0, 0.1) is 24.7 Å². The topological polar surface area (TPSA) is 43.4 Å². The van der Waals surface area contributed by atoms with Gasteiger partial charge in [0.15, 0.2) is 0 Å². The van der Waals surface area contributed by atoms with Crippen molar-refractivity contribution in [1.82, 2.24) is 0 Å². The van der Waals surface area contributed by atoms with Gasteiger partial charge in [-0.15, -0.1) is 12.8 Å². The normalized spacial score (nSPS) is 9.24. The summed E-state index contributed by atoms with van der Waals surface area (Å²) in [5.74, 6) is 4.45. The molecule has 0 atom stereocenters. The van der Waals surface area contributed by atoms with Crippen molar-refractivity contribution in [2.24, 2.45) is 0 Å². The van der Waals surface area contributed by atoms with Crippen LogP contribution in [0.15, 0.2) is 48.5 Å². The van der Waals surface area contributed by atoms with E-state index < -0.39 is 0 Å². The average Bonchev–Trinajstić information content (AvgIpc) is 2.55. The lowest BCUT2D eigenvalue weighted by molar-refractivity contribution is 0.104. The van der Waals surface area contributed by atoms with Crippen molar-refractivity contribution in [1.29, 1.82) is 0 Å². The lowest BCUT2D eigenvalue weighted by atomic mass is 10.1. The fourth-order valence-electron chi connectivity index (χ4n) is 1.65. The Morgan fingerprint density at radius 3 is 1.33 bits per heavy atom. The lowest BCUT2D eigenvalue weighted by Crippen LogP contribution is -1.95. The van der Waals surface area contributed by atoms with Crippen molar-refractivity contribution < 1.29 is 14.3 Å². The molecule has 3 heteroatoms. The Balaban J connectivity index is 2.12. The van der Waals surface area contributed by atoms with Crippen LogP contribution in [0.2, 0.25) is 0 Å². The summed E-state index contributed by atoms with van der Waals surface area (Å²) < 4.78 is 5.59. The number of ether oxygens (including phenoxy) is 1. The van der Waals surface area contributed by atoms with E-state index in [4.69, 9.17) is 17.6 Å². The number of hydrogen-bond donors (Lipinski definition) is 0. The molecule has 2 aromatic rings. The second kappa shape index (κ2) is 6.23. The second-order valence-corrected chi connectivity index (χ2v) is 4.10. The predicted octanol–water partition coefficient (Wildman–Crippen LogP) is 3.11. The van der Waals surface area contributed by atoms with Crippen LogP contribution >= 0.6 is 0 Å². The SMILES string of the molecule is C#CC(=O)c1ccc(Oc2ccc(C(=O)C#C)cc2)cc1. The number of terminal acetylenes is 2. The molecule has 100 valence electrons. The number of carbonyl (C=O) groups is 2. The summed E-state index contributed by atoms with van der Waals surface area (Å²) in [7, 11) is 0. The Morgan fingerprint density at radius 1 is 0.714 bits per heavy atom. The number of ketones is 2. The average molecular weight is 274 g/mol. The molecule has 0 aliphatic rings. The maximum atomic E-state index is 11.3. The molecule has 0 fully saturated rings. The Morgan fingerprint density at radius 2 is 1.05 bits per heavy atom. The van der Waals surface area contributed by atoms with Gasteiger partial charge in [0.2, 0.25) is 11.6 Å². The summed E-state index contributed by atoms with van der Waals surface area (Å²) in [4.78, 5) is 22.6. The summed E-state index contributed by atoms with van der Waals surface area (Å²) in [5.41, 5.74) is 0.861. The van der Waals surface area contributed by atoms with Gasteiger partial charge in [-0.2, -0.15) is 0 Å². The minimum Gasteiger partial charge on any atom is -0.457 e. The smallest absolute Gasteiger partial charge is 0.235 e. The van der Waals surface area contributed by atoms with Crippen LogP contribution < -0.4 is 4.74 Å². The summed E-state index contributed by atoms with van der Waals surface area (Å²) in [5, 5.41) is 0. The highest BCUT2D eigenvalue weighted by atomic mass is 16.5. The zero-order valence-electron chi connectivity index (χ0n) is 11.0. The van der Waals surface area contributed by atoms with Crippen LogP contribution in [0.4, 0.5) is 0 Å². The number of hydrogen-bond acceptors (Lipinski definition) is 3. The van der Waals surface area contributed by atoms with Crippen LogP contribution in [-0.4, -0.2) is 11.6 Å². The molecular weight excluding hydrogens is 264 g/mol. The van der Waals surface area contributed by atoms with Crippen molar-refractivity contribution >= 4 is 11.6 Å². The predicted molar refractivity (Wildman–Crippen MR) is 79.3 cm³/mol. The molecule has 0 unspecified atom stereocenters. The van der Waals surface area contributed by atoms with Gasteiger partial charge in [0.1, 0.15) is 11.5 Å². The van der Waals surface area contributed by atoms with Crippen molar-refractivity contribution in [3.63, 3.8) is 0 Å². The number of benzene rings is 2. The zero-order chi connectivity index (χ0) is 15.2. The molecular formula is C18H10O3. The molecule has 3 nitrogen and oxygen atoms in total. The van der Waals surface area contributed by atoms with Crippen molar-refractivity contribution in [2.75, 3.05) is 0 Å². The van der Waals surface area contributed by atoms with Crippen molar-refractivity contribution in [2.45, 2.75) is 0 Å². The van der Waals surface area contributed by atoms with Gasteiger partial charge in [0.05, 0.1) is 0 Å². The van der Waals surface area contributed by atoms with Gasteiger partial charge in [0, 0.05) is 11.1 Å². The third-order valence-electron chi connectivity index (χ3n) is 2.73. The summed E-state index contributed by atoms with van der Waals surface area (Å²) in [6.07, 6.45) is 10.1. The van der Waals surface area contributed by atoms with Crippen molar-refractivity contribution in [3.05, 3.63) is 59.7 Å². The van der Waals surface area contributed by atoms with Gasteiger partial charge in [-0.3, -0.25) is 9.59 Å². The van der Waals surface area contributed by atoms with Gasteiger partial charge < -0.3 is 4.74 Å². The lowest BCUT2D eigenvalue weighted by Gasteiger charge is -2.06. The summed E-state index contributed by atoms with van der Waals surface area (Å²) >= 11 is 0. The van der Waals surface area contributed by atoms with E-state index in [0.717, 1.165) is 0 Å². The number of carbonyl (C=O) groups excluding carboxylic acids is 2. The van der Waals surface area contributed by atoms with Gasteiger partial charge in [-0.25, -0.2) is 0 Å². The first-order chi connectivity index (χ1) is 10.1. The van der Waals surface area contributed by atoms with Gasteiger partial charge in [-0.1, -0.05) is 0 Å². The summed E-state index contributed by atoms with van der Waals surface area (Å²) in [6, 6.07) is 12.9. The summed E-state index contributed by atoms with van der Waals surface area (Å²) in [6.45, 7) is 0. The van der Waals surface area contributed by atoms with Gasteiger partial charge in [-0.05, 0) is 60.4 Å². The maximum Gasteiger partial charge on any atom is 0.235 e. The Bertz CT molecular complexity index is 687. The molecule has 0 aromatic heterocycles. The van der Waals surface area contributed by atoms with E-state index in [9.17, 15) is 9.59 Å². The van der Waals surface area contributed by atoms with Crippen LogP contribution in [0.1, 0.15) is 20.7 Å². The highest BCUT2D eigenvalue weighted by Gasteiger charge is 2.04. The van der Waals surface area contributed by atoms with Crippen molar-refractivity contribution in [3.8, 4) is 36.2 Å². The number of Topliss-reactive ketones (excluding diaryl/α,β-unsaturated/α-hetero) is 2. The van der Waals surface area contributed by atoms with E-state index >= 15 is 0 Å². The van der Waals surface area contributed by atoms with Gasteiger partial charge in [0.25, 0.3) is 0 Å². The largest absolute Gasteiger partial charge is 0.457 e. The monoisotopic (exact) mass is 274 g/mol. The Hall–Kier alpha value is -3.30. The van der Waals surface area contributed by atoms with Crippen LogP contribution in [0.25, 0.3) is 0 Å². The minimum atomic E-state index is -0.376. The molecule has 0 radical (unpaired) electrons. The fourth-order valence-corrected chi connectivity index (χ4v) is 1.65. The molecule has 0 saturated carbocycles. The molecule has 0 aliphatic heterocycles. The molecule has 21 heavy (non-hydrogen) atoms. The van der Waals surface area contributed by atoms with Crippen LogP contribution in [0.3, 0.4) is 0 Å². The highest BCUT2D eigenvalue weighted by Crippen LogP contribution is 2.22. The quantitative estimate of drug-likeness (QED) is 0.489.